The molecule has 0 unspecified atom stereocenters. The first-order valence-corrected chi connectivity index (χ1v) is 9.10. The van der Waals surface area contributed by atoms with Crippen LogP contribution in [0.1, 0.15) is 38.2 Å². The summed E-state index contributed by atoms with van der Waals surface area (Å²) >= 11 is 0. The molecule has 1 saturated carbocycles. The third kappa shape index (κ3) is 3.73. The van der Waals surface area contributed by atoms with Gasteiger partial charge in [0, 0.05) is 12.1 Å². The van der Waals surface area contributed by atoms with Gasteiger partial charge < -0.3 is 9.47 Å². The van der Waals surface area contributed by atoms with Gasteiger partial charge in [-0.1, -0.05) is 6.92 Å². The first-order chi connectivity index (χ1) is 10.4. The molecule has 1 N–H and O–H groups in total. The number of rotatable bonds is 5. The van der Waals surface area contributed by atoms with Gasteiger partial charge in [0.05, 0.1) is 19.1 Å². The molecule has 0 saturated heterocycles. The van der Waals surface area contributed by atoms with Gasteiger partial charge >= 0.3 is 0 Å². The molecule has 0 atom stereocenters. The monoisotopic (exact) mass is 327 g/mol. The fourth-order valence-corrected chi connectivity index (χ4v) is 4.46. The number of benzene rings is 1. The summed E-state index contributed by atoms with van der Waals surface area (Å²) in [4.78, 5) is 0.253. The number of aryl methyl sites for hydroxylation is 1. The lowest BCUT2D eigenvalue weighted by molar-refractivity contribution is 0.332. The van der Waals surface area contributed by atoms with Crippen LogP contribution in [0.2, 0.25) is 0 Å². The maximum Gasteiger partial charge on any atom is 0.241 e. The van der Waals surface area contributed by atoms with Gasteiger partial charge in [-0.2, -0.15) is 0 Å². The highest BCUT2D eigenvalue weighted by molar-refractivity contribution is 7.89. The molecular weight excluding hydrogens is 302 g/mol. The van der Waals surface area contributed by atoms with Gasteiger partial charge in [0.15, 0.2) is 11.5 Å². The highest BCUT2D eigenvalue weighted by Gasteiger charge is 2.26. The largest absolute Gasteiger partial charge is 0.493 e. The standard InChI is InChI=1S/C16H25NO4S/c1-11-5-7-13(8-6-11)17-22(18,19)16-10-15(21-4)14(20-3)9-12(16)2/h9-11,13,17H,5-8H2,1-4H3. The molecule has 0 aromatic heterocycles. The average molecular weight is 327 g/mol. The molecule has 1 fully saturated rings. The van der Waals surface area contributed by atoms with Crippen LogP contribution in [-0.4, -0.2) is 28.7 Å². The molecule has 1 aliphatic carbocycles. The Morgan fingerprint density at radius 2 is 1.59 bits per heavy atom. The van der Waals surface area contributed by atoms with Crippen LogP contribution in [0.4, 0.5) is 0 Å². The molecular formula is C16H25NO4S. The van der Waals surface area contributed by atoms with E-state index in [9.17, 15) is 8.42 Å². The van der Waals surface area contributed by atoms with Gasteiger partial charge in [0.1, 0.15) is 0 Å². The second-order valence-corrected chi connectivity index (χ2v) is 7.73. The molecule has 0 heterocycles. The van der Waals surface area contributed by atoms with Crippen LogP contribution in [0.3, 0.4) is 0 Å². The highest BCUT2D eigenvalue weighted by Crippen LogP contribution is 2.33. The van der Waals surface area contributed by atoms with E-state index in [0.29, 0.717) is 23.0 Å². The summed E-state index contributed by atoms with van der Waals surface area (Å²) in [5, 5.41) is 0. The van der Waals surface area contributed by atoms with Crippen molar-refractivity contribution in [1.29, 1.82) is 0 Å². The van der Waals surface area contributed by atoms with Gasteiger partial charge in [0.2, 0.25) is 10.0 Å². The molecule has 1 aliphatic rings. The summed E-state index contributed by atoms with van der Waals surface area (Å²) < 4.78 is 38.6. The van der Waals surface area contributed by atoms with Crippen molar-refractivity contribution in [2.75, 3.05) is 14.2 Å². The minimum absolute atomic E-state index is 0.0219. The Kier molecular flexibility index (Phi) is 5.34. The molecule has 0 amide bonds. The number of methoxy groups -OCH3 is 2. The van der Waals surface area contributed by atoms with Crippen molar-refractivity contribution in [3.8, 4) is 11.5 Å². The van der Waals surface area contributed by atoms with Crippen molar-refractivity contribution in [1.82, 2.24) is 4.72 Å². The zero-order chi connectivity index (χ0) is 16.3. The van der Waals surface area contributed by atoms with Gasteiger partial charge in [-0.25, -0.2) is 13.1 Å². The van der Waals surface area contributed by atoms with Crippen LogP contribution in [0.25, 0.3) is 0 Å². The Bertz CT molecular complexity index is 619. The number of ether oxygens (including phenoxy) is 2. The summed E-state index contributed by atoms with van der Waals surface area (Å²) in [6, 6.07) is 3.24. The van der Waals surface area contributed by atoms with Gasteiger partial charge in [0.25, 0.3) is 0 Å². The quantitative estimate of drug-likeness (QED) is 0.903. The summed E-state index contributed by atoms with van der Waals surface area (Å²) in [5.74, 6) is 1.64. The SMILES string of the molecule is COc1cc(C)c(S(=O)(=O)NC2CCC(C)CC2)cc1OC. The molecule has 124 valence electrons. The maximum absolute atomic E-state index is 12.7. The minimum Gasteiger partial charge on any atom is -0.493 e. The van der Waals surface area contributed by atoms with Crippen LogP contribution in [0.15, 0.2) is 17.0 Å². The normalized spacial score (nSPS) is 22.4. The van der Waals surface area contributed by atoms with E-state index in [1.807, 2.05) is 0 Å². The molecule has 2 rings (SSSR count). The highest BCUT2D eigenvalue weighted by atomic mass is 32.2. The van der Waals surface area contributed by atoms with Crippen LogP contribution >= 0.6 is 0 Å². The van der Waals surface area contributed by atoms with Crippen LogP contribution in [0, 0.1) is 12.8 Å². The van der Waals surface area contributed by atoms with Crippen molar-refractivity contribution in [2.45, 2.75) is 50.5 Å². The summed E-state index contributed by atoms with van der Waals surface area (Å²) in [5.41, 5.74) is 0.648. The van der Waals surface area contributed by atoms with Crippen LogP contribution in [0.5, 0.6) is 11.5 Å². The zero-order valence-corrected chi connectivity index (χ0v) is 14.5. The first kappa shape index (κ1) is 17.1. The van der Waals surface area contributed by atoms with Crippen molar-refractivity contribution < 1.29 is 17.9 Å². The van der Waals surface area contributed by atoms with E-state index in [0.717, 1.165) is 25.7 Å². The molecule has 0 radical (unpaired) electrons. The van der Waals surface area contributed by atoms with E-state index in [-0.39, 0.29) is 10.9 Å². The van der Waals surface area contributed by atoms with E-state index >= 15 is 0 Å². The molecule has 0 bridgehead atoms. The topological polar surface area (TPSA) is 64.6 Å². The Hall–Kier alpha value is -1.27. The number of hydrogen-bond acceptors (Lipinski definition) is 4. The Labute approximate surface area is 133 Å². The third-order valence-electron chi connectivity index (χ3n) is 4.31. The maximum atomic E-state index is 12.7. The van der Waals surface area contributed by atoms with Gasteiger partial charge in [-0.05, 0) is 50.2 Å². The van der Waals surface area contributed by atoms with Gasteiger partial charge in [-0.15, -0.1) is 0 Å². The van der Waals surface area contributed by atoms with E-state index in [4.69, 9.17) is 9.47 Å². The van der Waals surface area contributed by atoms with E-state index in [1.165, 1.54) is 20.3 Å². The van der Waals surface area contributed by atoms with E-state index < -0.39 is 10.0 Å². The van der Waals surface area contributed by atoms with E-state index in [1.54, 1.807) is 13.0 Å². The third-order valence-corrected chi connectivity index (χ3v) is 5.97. The predicted octanol–water partition coefficient (Wildman–Crippen LogP) is 2.87. The van der Waals surface area contributed by atoms with Crippen molar-refractivity contribution >= 4 is 10.0 Å². The summed E-state index contributed by atoms with van der Waals surface area (Å²) in [6.07, 6.45) is 3.93. The molecule has 22 heavy (non-hydrogen) atoms. The fourth-order valence-electron chi connectivity index (χ4n) is 2.91. The lowest BCUT2D eigenvalue weighted by atomic mass is 9.88. The number of nitrogens with one attached hydrogen (secondary N) is 1. The molecule has 6 heteroatoms. The van der Waals surface area contributed by atoms with Crippen molar-refractivity contribution in [3.05, 3.63) is 17.7 Å². The second kappa shape index (κ2) is 6.87. The minimum atomic E-state index is -3.55. The molecule has 0 aliphatic heterocycles. The number of sulfonamides is 1. The first-order valence-electron chi connectivity index (χ1n) is 7.62. The Morgan fingerprint density at radius 3 is 2.14 bits per heavy atom. The average Bonchev–Trinajstić information content (AvgIpc) is 2.48. The predicted molar refractivity (Wildman–Crippen MR) is 86.0 cm³/mol. The molecule has 1 aromatic carbocycles. The van der Waals surface area contributed by atoms with E-state index in [2.05, 4.69) is 11.6 Å². The Balaban J connectivity index is 2.25. The fraction of sp³-hybridized carbons (Fsp3) is 0.625. The summed E-state index contributed by atoms with van der Waals surface area (Å²) in [6.45, 7) is 3.97. The van der Waals surface area contributed by atoms with Crippen LogP contribution < -0.4 is 14.2 Å². The number of hydrogen-bond donors (Lipinski definition) is 1. The molecule has 1 aromatic rings. The van der Waals surface area contributed by atoms with Crippen molar-refractivity contribution in [2.24, 2.45) is 5.92 Å². The molecule has 5 nitrogen and oxygen atoms in total. The van der Waals surface area contributed by atoms with Crippen LogP contribution in [-0.2, 0) is 10.0 Å². The summed E-state index contributed by atoms with van der Waals surface area (Å²) in [7, 11) is -0.517. The van der Waals surface area contributed by atoms with Crippen molar-refractivity contribution in [3.63, 3.8) is 0 Å². The second-order valence-electron chi connectivity index (χ2n) is 6.05. The Morgan fingerprint density at radius 1 is 1.05 bits per heavy atom. The van der Waals surface area contributed by atoms with Gasteiger partial charge in [-0.3, -0.25) is 0 Å². The molecule has 0 spiro atoms. The lowest BCUT2D eigenvalue weighted by Crippen LogP contribution is -2.37. The zero-order valence-electron chi connectivity index (χ0n) is 13.7. The smallest absolute Gasteiger partial charge is 0.241 e. The lowest BCUT2D eigenvalue weighted by Gasteiger charge is -2.27.